The summed E-state index contributed by atoms with van der Waals surface area (Å²) in [5.41, 5.74) is 0. The first-order chi connectivity index (χ1) is 9.70. The molecular formula is C14H26N4OS. The van der Waals surface area contributed by atoms with E-state index >= 15 is 0 Å². The molecule has 1 aromatic rings. The van der Waals surface area contributed by atoms with Gasteiger partial charge in [0.2, 0.25) is 5.13 Å². The van der Waals surface area contributed by atoms with Crippen LogP contribution in [0.1, 0.15) is 50.5 Å². The van der Waals surface area contributed by atoms with E-state index in [1.807, 2.05) is 0 Å². The molecule has 2 N–H and O–H groups in total. The first-order valence-electron chi connectivity index (χ1n) is 7.63. The predicted molar refractivity (Wildman–Crippen MR) is 83.4 cm³/mol. The molecule has 0 amide bonds. The molecule has 114 valence electrons. The van der Waals surface area contributed by atoms with Crippen molar-refractivity contribution in [3.05, 3.63) is 5.01 Å². The Morgan fingerprint density at radius 1 is 1.40 bits per heavy atom. The molecule has 1 aliphatic rings. The summed E-state index contributed by atoms with van der Waals surface area (Å²) >= 11 is 1.65. The van der Waals surface area contributed by atoms with E-state index in [4.69, 9.17) is 0 Å². The molecule has 0 radical (unpaired) electrons. The summed E-state index contributed by atoms with van der Waals surface area (Å²) in [5.74, 6) is 0.446. The van der Waals surface area contributed by atoms with E-state index in [-0.39, 0.29) is 0 Å². The Morgan fingerprint density at radius 2 is 2.25 bits per heavy atom. The lowest BCUT2D eigenvalue weighted by atomic mass is 10.0. The second-order valence-electron chi connectivity index (χ2n) is 5.75. The standard InChI is InChI=1S/C14H26N4OS/c1-11(2)13-16-17-14(20-13)15-7-5-9-18-8-4-3-6-12(18)10-19/h11-12,19H,3-10H2,1-2H3,(H,15,17)/t12-/m0/s1. The van der Waals surface area contributed by atoms with Gasteiger partial charge in [0.15, 0.2) is 0 Å². The van der Waals surface area contributed by atoms with Crippen molar-refractivity contribution in [2.45, 2.75) is 51.5 Å². The fourth-order valence-electron chi connectivity index (χ4n) is 2.58. The molecule has 0 unspecified atom stereocenters. The number of hydrogen-bond acceptors (Lipinski definition) is 6. The third-order valence-electron chi connectivity index (χ3n) is 3.79. The van der Waals surface area contributed by atoms with Gasteiger partial charge in [0.05, 0.1) is 6.61 Å². The number of likely N-dealkylation sites (tertiary alicyclic amines) is 1. The number of hydrogen-bond donors (Lipinski definition) is 2. The molecule has 5 nitrogen and oxygen atoms in total. The quantitative estimate of drug-likeness (QED) is 0.756. The van der Waals surface area contributed by atoms with Crippen LogP contribution >= 0.6 is 11.3 Å². The van der Waals surface area contributed by atoms with Gasteiger partial charge in [-0.05, 0) is 25.8 Å². The number of anilines is 1. The Hall–Kier alpha value is -0.720. The average molecular weight is 298 g/mol. The van der Waals surface area contributed by atoms with Crippen LogP contribution in [0.2, 0.25) is 0 Å². The van der Waals surface area contributed by atoms with E-state index < -0.39 is 0 Å². The van der Waals surface area contributed by atoms with Crippen LogP contribution < -0.4 is 5.32 Å². The highest BCUT2D eigenvalue weighted by Crippen LogP contribution is 2.22. The van der Waals surface area contributed by atoms with Crippen molar-refractivity contribution in [1.82, 2.24) is 15.1 Å². The van der Waals surface area contributed by atoms with Gasteiger partial charge in [-0.2, -0.15) is 0 Å². The summed E-state index contributed by atoms with van der Waals surface area (Å²) in [4.78, 5) is 2.42. The Balaban J connectivity index is 1.67. The van der Waals surface area contributed by atoms with Gasteiger partial charge >= 0.3 is 0 Å². The number of rotatable bonds is 7. The number of piperidine rings is 1. The summed E-state index contributed by atoms with van der Waals surface area (Å²) < 4.78 is 0. The van der Waals surface area contributed by atoms with Crippen molar-refractivity contribution < 1.29 is 5.11 Å². The van der Waals surface area contributed by atoms with Crippen molar-refractivity contribution in [2.24, 2.45) is 0 Å². The summed E-state index contributed by atoms with van der Waals surface area (Å²) in [6.07, 6.45) is 4.73. The lowest BCUT2D eigenvalue weighted by Crippen LogP contribution is -2.42. The molecule has 0 saturated carbocycles. The van der Waals surface area contributed by atoms with E-state index in [1.165, 1.54) is 12.8 Å². The fraction of sp³-hybridized carbons (Fsp3) is 0.857. The number of aliphatic hydroxyl groups is 1. The molecule has 1 aromatic heterocycles. The van der Waals surface area contributed by atoms with Gasteiger partial charge in [-0.3, -0.25) is 4.90 Å². The lowest BCUT2D eigenvalue weighted by Gasteiger charge is -2.34. The molecule has 1 saturated heterocycles. The van der Waals surface area contributed by atoms with Crippen LogP contribution in [-0.2, 0) is 0 Å². The number of nitrogens with one attached hydrogen (secondary N) is 1. The Morgan fingerprint density at radius 3 is 2.95 bits per heavy atom. The molecule has 20 heavy (non-hydrogen) atoms. The predicted octanol–water partition coefficient (Wildman–Crippen LogP) is 2.31. The summed E-state index contributed by atoms with van der Waals surface area (Å²) in [6.45, 7) is 7.66. The summed E-state index contributed by atoms with van der Waals surface area (Å²) in [7, 11) is 0. The summed E-state index contributed by atoms with van der Waals surface area (Å²) in [6, 6.07) is 0.373. The van der Waals surface area contributed by atoms with Crippen molar-refractivity contribution in [2.75, 3.05) is 31.6 Å². The maximum atomic E-state index is 9.38. The van der Waals surface area contributed by atoms with Crippen LogP contribution in [0, 0.1) is 0 Å². The second kappa shape index (κ2) is 7.90. The lowest BCUT2D eigenvalue weighted by molar-refractivity contribution is 0.0901. The maximum Gasteiger partial charge on any atom is 0.205 e. The molecule has 1 atom stereocenters. The molecule has 1 aliphatic heterocycles. The first-order valence-corrected chi connectivity index (χ1v) is 8.44. The number of aromatic nitrogens is 2. The number of nitrogens with zero attached hydrogens (tertiary/aromatic N) is 3. The first kappa shape index (κ1) is 15.7. The SMILES string of the molecule is CC(C)c1nnc(NCCCN2CCCC[C@H]2CO)s1. The van der Waals surface area contributed by atoms with Crippen molar-refractivity contribution in [3.63, 3.8) is 0 Å². The van der Waals surface area contributed by atoms with Gasteiger partial charge in [0.1, 0.15) is 5.01 Å². The van der Waals surface area contributed by atoms with Gasteiger partial charge in [-0.1, -0.05) is 31.6 Å². The van der Waals surface area contributed by atoms with Gasteiger partial charge in [0.25, 0.3) is 0 Å². The zero-order valence-corrected chi connectivity index (χ0v) is 13.3. The van der Waals surface area contributed by atoms with Crippen LogP contribution in [-0.4, -0.2) is 52.5 Å². The number of aliphatic hydroxyl groups excluding tert-OH is 1. The summed E-state index contributed by atoms with van der Waals surface area (Å²) in [5, 5.41) is 23.1. The van der Waals surface area contributed by atoms with Gasteiger partial charge in [-0.25, -0.2) is 0 Å². The van der Waals surface area contributed by atoms with Crippen LogP contribution in [0.4, 0.5) is 5.13 Å². The molecule has 2 rings (SSSR count). The van der Waals surface area contributed by atoms with Crippen molar-refractivity contribution in [3.8, 4) is 0 Å². The fourth-order valence-corrected chi connectivity index (χ4v) is 3.35. The molecular weight excluding hydrogens is 272 g/mol. The molecule has 0 bridgehead atoms. The van der Waals surface area contributed by atoms with E-state index in [1.54, 1.807) is 11.3 Å². The highest BCUT2D eigenvalue weighted by Gasteiger charge is 2.20. The normalized spacial score (nSPS) is 20.5. The molecule has 0 spiro atoms. The largest absolute Gasteiger partial charge is 0.395 e. The minimum absolute atomic E-state index is 0.293. The average Bonchev–Trinajstić information content (AvgIpc) is 2.93. The Bertz CT molecular complexity index is 396. The molecule has 0 aliphatic carbocycles. The van der Waals surface area contributed by atoms with Gasteiger partial charge in [-0.15, -0.1) is 10.2 Å². The smallest absolute Gasteiger partial charge is 0.205 e. The van der Waals surface area contributed by atoms with Crippen molar-refractivity contribution >= 4 is 16.5 Å². The Labute approximate surface area is 125 Å². The Kier molecular flexibility index (Phi) is 6.19. The monoisotopic (exact) mass is 298 g/mol. The zero-order valence-electron chi connectivity index (χ0n) is 12.5. The molecule has 0 aromatic carbocycles. The topological polar surface area (TPSA) is 61.3 Å². The minimum Gasteiger partial charge on any atom is -0.395 e. The van der Waals surface area contributed by atoms with E-state index in [9.17, 15) is 5.11 Å². The third kappa shape index (κ3) is 4.40. The zero-order chi connectivity index (χ0) is 14.4. The maximum absolute atomic E-state index is 9.38. The molecule has 6 heteroatoms. The van der Waals surface area contributed by atoms with Crippen molar-refractivity contribution in [1.29, 1.82) is 0 Å². The highest BCUT2D eigenvalue weighted by atomic mass is 32.1. The highest BCUT2D eigenvalue weighted by molar-refractivity contribution is 7.15. The van der Waals surface area contributed by atoms with E-state index in [0.29, 0.717) is 18.6 Å². The van der Waals surface area contributed by atoms with Gasteiger partial charge < -0.3 is 10.4 Å². The molecule has 2 heterocycles. The van der Waals surface area contributed by atoms with Crippen LogP contribution in [0.15, 0.2) is 0 Å². The molecule has 1 fully saturated rings. The van der Waals surface area contributed by atoms with E-state index in [0.717, 1.165) is 42.6 Å². The van der Waals surface area contributed by atoms with Gasteiger partial charge in [0, 0.05) is 25.0 Å². The van der Waals surface area contributed by atoms with Crippen LogP contribution in [0.5, 0.6) is 0 Å². The van der Waals surface area contributed by atoms with E-state index in [2.05, 4.69) is 34.3 Å². The third-order valence-corrected chi connectivity index (χ3v) is 4.97. The van der Waals surface area contributed by atoms with Crippen LogP contribution in [0.25, 0.3) is 0 Å². The second-order valence-corrected chi connectivity index (χ2v) is 6.76. The minimum atomic E-state index is 0.293. The van der Waals surface area contributed by atoms with Crippen LogP contribution in [0.3, 0.4) is 0 Å².